The largest absolute Gasteiger partial charge is 0.399 e. The molecule has 1 saturated carbocycles. The van der Waals surface area contributed by atoms with Crippen molar-refractivity contribution in [1.82, 2.24) is 0 Å². The molecule has 2 rings (SSSR count). The lowest BCUT2D eigenvalue weighted by Gasteiger charge is -2.23. The first-order valence-corrected chi connectivity index (χ1v) is 7.08. The molecule has 0 bridgehead atoms. The van der Waals surface area contributed by atoms with Crippen molar-refractivity contribution in [3.05, 3.63) is 22.7 Å². The van der Waals surface area contributed by atoms with E-state index in [4.69, 9.17) is 23.1 Å². The standard InChI is InChI=1S/C14H20ClN3O/c15-12-7-10(16)6-11(14(17)19)13(12)18-8-9-4-2-1-3-5-9/h6-7,9,18H,1-5,8,16H2,(H2,17,19). The van der Waals surface area contributed by atoms with Gasteiger partial charge < -0.3 is 16.8 Å². The predicted octanol–water partition coefficient (Wildman–Crippen LogP) is 3.01. The second kappa shape index (κ2) is 6.15. The average Bonchev–Trinajstić information content (AvgIpc) is 2.38. The van der Waals surface area contributed by atoms with Crippen molar-refractivity contribution < 1.29 is 4.79 Å². The molecular weight excluding hydrogens is 262 g/mol. The van der Waals surface area contributed by atoms with Crippen molar-refractivity contribution in [3.63, 3.8) is 0 Å². The summed E-state index contributed by atoms with van der Waals surface area (Å²) in [6.45, 7) is 0.823. The Hall–Kier alpha value is -1.42. The van der Waals surface area contributed by atoms with Gasteiger partial charge in [-0.2, -0.15) is 0 Å². The number of primary amides is 1. The van der Waals surface area contributed by atoms with E-state index in [1.165, 1.54) is 32.1 Å². The summed E-state index contributed by atoms with van der Waals surface area (Å²) >= 11 is 6.15. The summed E-state index contributed by atoms with van der Waals surface area (Å²) in [7, 11) is 0. The van der Waals surface area contributed by atoms with Crippen LogP contribution < -0.4 is 16.8 Å². The zero-order valence-corrected chi connectivity index (χ0v) is 11.7. The Balaban J connectivity index is 2.12. The SMILES string of the molecule is NC(=O)c1cc(N)cc(Cl)c1NCC1CCCCC1. The number of carbonyl (C=O) groups is 1. The van der Waals surface area contributed by atoms with E-state index in [1.54, 1.807) is 12.1 Å². The number of rotatable bonds is 4. The number of hydrogen-bond acceptors (Lipinski definition) is 3. The molecule has 104 valence electrons. The maximum absolute atomic E-state index is 11.4. The summed E-state index contributed by atoms with van der Waals surface area (Å²) < 4.78 is 0. The molecule has 0 unspecified atom stereocenters. The number of nitrogens with two attached hydrogens (primary N) is 2. The van der Waals surface area contributed by atoms with Crippen molar-refractivity contribution in [1.29, 1.82) is 0 Å². The molecule has 1 amide bonds. The van der Waals surface area contributed by atoms with Gasteiger partial charge in [-0.1, -0.05) is 30.9 Å². The van der Waals surface area contributed by atoms with Crippen LogP contribution in [0.25, 0.3) is 0 Å². The second-order valence-electron chi connectivity index (χ2n) is 5.17. The van der Waals surface area contributed by atoms with Gasteiger partial charge in [0.1, 0.15) is 0 Å². The minimum Gasteiger partial charge on any atom is -0.399 e. The molecule has 0 radical (unpaired) electrons. The van der Waals surface area contributed by atoms with Gasteiger partial charge in [-0.15, -0.1) is 0 Å². The lowest BCUT2D eigenvalue weighted by atomic mass is 9.89. The topological polar surface area (TPSA) is 81.1 Å². The minimum absolute atomic E-state index is 0.362. The summed E-state index contributed by atoms with van der Waals surface area (Å²) in [4.78, 5) is 11.4. The predicted molar refractivity (Wildman–Crippen MR) is 79.4 cm³/mol. The zero-order valence-electron chi connectivity index (χ0n) is 10.9. The van der Waals surface area contributed by atoms with E-state index >= 15 is 0 Å². The Morgan fingerprint density at radius 2 is 2.00 bits per heavy atom. The van der Waals surface area contributed by atoms with Gasteiger partial charge in [-0.3, -0.25) is 4.79 Å². The van der Waals surface area contributed by atoms with Crippen LogP contribution >= 0.6 is 11.6 Å². The summed E-state index contributed by atoms with van der Waals surface area (Å²) in [5, 5.41) is 3.72. The normalized spacial score (nSPS) is 16.3. The number of carbonyl (C=O) groups excluding carboxylic acids is 1. The summed E-state index contributed by atoms with van der Waals surface area (Å²) in [5.41, 5.74) is 12.5. The molecule has 1 fully saturated rings. The minimum atomic E-state index is -0.514. The summed E-state index contributed by atoms with van der Waals surface area (Å²) in [6.07, 6.45) is 6.34. The molecule has 1 aliphatic rings. The third-order valence-corrected chi connectivity index (χ3v) is 3.97. The molecule has 1 aromatic rings. The molecule has 0 spiro atoms. The molecule has 4 nitrogen and oxygen atoms in total. The monoisotopic (exact) mass is 281 g/mol. The fourth-order valence-electron chi connectivity index (χ4n) is 2.64. The first-order valence-electron chi connectivity index (χ1n) is 6.70. The van der Waals surface area contributed by atoms with Gasteiger partial charge in [-0.25, -0.2) is 0 Å². The van der Waals surface area contributed by atoms with E-state index < -0.39 is 5.91 Å². The Morgan fingerprint density at radius 3 is 2.63 bits per heavy atom. The first kappa shape index (κ1) is 14.0. The molecule has 0 aromatic heterocycles. The van der Waals surface area contributed by atoms with Crippen LogP contribution in [0.3, 0.4) is 0 Å². The quantitative estimate of drug-likeness (QED) is 0.742. The number of hydrogen-bond donors (Lipinski definition) is 3. The van der Waals surface area contributed by atoms with Gasteiger partial charge in [0.2, 0.25) is 0 Å². The van der Waals surface area contributed by atoms with Crippen LogP contribution in [0.15, 0.2) is 12.1 Å². The van der Waals surface area contributed by atoms with Gasteiger partial charge in [0.15, 0.2) is 0 Å². The first-order chi connectivity index (χ1) is 9.08. The highest BCUT2D eigenvalue weighted by Crippen LogP contribution is 2.30. The molecule has 1 aliphatic carbocycles. The van der Waals surface area contributed by atoms with Crippen molar-refractivity contribution in [3.8, 4) is 0 Å². The fraction of sp³-hybridized carbons (Fsp3) is 0.500. The van der Waals surface area contributed by atoms with E-state index in [1.807, 2.05) is 0 Å². The third kappa shape index (κ3) is 3.53. The van der Waals surface area contributed by atoms with Gasteiger partial charge in [0.05, 0.1) is 16.3 Å². The Kier molecular flexibility index (Phi) is 4.53. The zero-order chi connectivity index (χ0) is 13.8. The molecule has 19 heavy (non-hydrogen) atoms. The van der Waals surface area contributed by atoms with E-state index in [0.29, 0.717) is 27.9 Å². The van der Waals surface area contributed by atoms with Crippen LogP contribution in [0, 0.1) is 5.92 Å². The molecule has 0 atom stereocenters. The molecule has 0 saturated heterocycles. The van der Waals surface area contributed by atoms with Crippen molar-refractivity contribution >= 4 is 28.9 Å². The maximum Gasteiger partial charge on any atom is 0.250 e. The smallest absolute Gasteiger partial charge is 0.250 e. The van der Waals surface area contributed by atoms with Gasteiger partial charge >= 0.3 is 0 Å². The maximum atomic E-state index is 11.4. The molecule has 1 aromatic carbocycles. The number of anilines is 2. The van der Waals surface area contributed by atoms with E-state index in [-0.39, 0.29) is 0 Å². The lowest BCUT2D eigenvalue weighted by molar-refractivity contribution is 0.100. The van der Waals surface area contributed by atoms with Crippen molar-refractivity contribution in [2.24, 2.45) is 11.7 Å². The second-order valence-corrected chi connectivity index (χ2v) is 5.58. The fourth-order valence-corrected chi connectivity index (χ4v) is 2.93. The van der Waals surface area contributed by atoms with E-state index in [2.05, 4.69) is 5.32 Å². The number of nitrogens with one attached hydrogen (secondary N) is 1. The number of nitrogen functional groups attached to an aromatic ring is 1. The van der Waals surface area contributed by atoms with Crippen LogP contribution in [0.2, 0.25) is 5.02 Å². The molecule has 5 heteroatoms. The number of halogens is 1. The molecule has 0 heterocycles. The molecule has 5 N–H and O–H groups in total. The summed E-state index contributed by atoms with van der Waals surface area (Å²) in [5.74, 6) is 0.128. The van der Waals surface area contributed by atoms with Gasteiger partial charge in [-0.05, 0) is 30.9 Å². The highest BCUT2D eigenvalue weighted by molar-refractivity contribution is 6.34. The molecular formula is C14H20ClN3O. The van der Waals surface area contributed by atoms with Crippen LogP contribution in [0.5, 0.6) is 0 Å². The van der Waals surface area contributed by atoms with Crippen LogP contribution in [0.1, 0.15) is 42.5 Å². The Labute approximate surface area is 118 Å². The Morgan fingerprint density at radius 1 is 1.32 bits per heavy atom. The van der Waals surface area contributed by atoms with Gasteiger partial charge in [0.25, 0.3) is 5.91 Å². The van der Waals surface area contributed by atoms with Crippen molar-refractivity contribution in [2.45, 2.75) is 32.1 Å². The van der Waals surface area contributed by atoms with E-state index in [0.717, 1.165) is 6.54 Å². The number of benzene rings is 1. The third-order valence-electron chi connectivity index (χ3n) is 3.67. The number of amides is 1. The van der Waals surface area contributed by atoms with Crippen LogP contribution in [0.4, 0.5) is 11.4 Å². The highest BCUT2D eigenvalue weighted by Gasteiger charge is 2.17. The van der Waals surface area contributed by atoms with Crippen molar-refractivity contribution in [2.75, 3.05) is 17.6 Å². The highest BCUT2D eigenvalue weighted by atomic mass is 35.5. The Bertz CT molecular complexity index is 470. The van der Waals surface area contributed by atoms with E-state index in [9.17, 15) is 4.79 Å². The molecule has 0 aliphatic heterocycles. The van der Waals surface area contributed by atoms with Crippen LogP contribution in [-0.4, -0.2) is 12.5 Å². The summed E-state index contributed by atoms with van der Waals surface area (Å²) in [6, 6.07) is 3.20. The van der Waals surface area contributed by atoms with Crippen LogP contribution in [-0.2, 0) is 0 Å². The lowest BCUT2D eigenvalue weighted by Crippen LogP contribution is -2.20. The van der Waals surface area contributed by atoms with Gasteiger partial charge in [0, 0.05) is 12.2 Å². The average molecular weight is 282 g/mol.